The maximum atomic E-state index is 11.4. The van der Waals surface area contributed by atoms with E-state index in [1.165, 1.54) is 0 Å². The molecule has 0 spiro atoms. The predicted molar refractivity (Wildman–Crippen MR) is 112 cm³/mol. The second kappa shape index (κ2) is 10.4. The normalized spacial score (nSPS) is 19.4. The van der Waals surface area contributed by atoms with Gasteiger partial charge in [0.15, 0.2) is 5.17 Å². The highest BCUT2D eigenvalue weighted by Gasteiger charge is 2.13. The van der Waals surface area contributed by atoms with E-state index in [1.54, 1.807) is 11.8 Å². The Bertz CT molecular complexity index is 684. The van der Waals surface area contributed by atoms with Gasteiger partial charge >= 0.3 is 0 Å². The van der Waals surface area contributed by atoms with Crippen LogP contribution < -0.4 is 10.7 Å². The van der Waals surface area contributed by atoms with E-state index in [4.69, 9.17) is 4.74 Å². The lowest BCUT2D eigenvalue weighted by Gasteiger charge is -2.26. The van der Waals surface area contributed by atoms with Gasteiger partial charge in [-0.1, -0.05) is 30.8 Å². The van der Waals surface area contributed by atoms with Gasteiger partial charge in [-0.15, -0.1) is 0 Å². The average Bonchev–Trinajstić information content (AvgIpc) is 2.73. The lowest BCUT2D eigenvalue weighted by molar-refractivity contribution is -0.115. The molecule has 2 aliphatic heterocycles. The van der Waals surface area contributed by atoms with Gasteiger partial charge in [0.2, 0.25) is 5.91 Å². The van der Waals surface area contributed by atoms with E-state index < -0.39 is 0 Å². The van der Waals surface area contributed by atoms with Gasteiger partial charge in [-0.3, -0.25) is 20.1 Å². The van der Waals surface area contributed by atoms with E-state index in [0.717, 1.165) is 73.7 Å². The van der Waals surface area contributed by atoms with Crippen LogP contribution in [-0.2, 0) is 9.53 Å². The number of nitrogens with one attached hydrogen (secondary N) is 2. The second-order valence-corrected chi connectivity index (χ2v) is 7.40. The van der Waals surface area contributed by atoms with E-state index >= 15 is 0 Å². The zero-order valence-corrected chi connectivity index (χ0v) is 16.6. The molecule has 0 aliphatic carbocycles. The number of morpholine rings is 1. The number of carbonyl (C=O) groups excluding carboxylic acids is 1. The molecule has 0 unspecified atom stereocenters. The highest BCUT2D eigenvalue weighted by molar-refractivity contribution is 8.14. The van der Waals surface area contributed by atoms with E-state index in [1.807, 2.05) is 31.2 Å². The lowest BCUT2D eigenvalue weighted by atomic mass is 10.1. The summed E-state index contributed by atoms with van der Waals surface area (Å²) in [6, 6.07) is 7.78. The number of amides is 1. The van der Waals surface area contributed by atoms with Crippen LogP contribution in [0.15, 0.2) is 34.4 Å². The Morgan fingerprint density at radius 2 is 2.11 bits per heavy atom. The zero-order valence-electron chi connectivity index (χ0n) is 15.7. The van der Waals surface area contributed by atoms with Gasteiger partial charge < -0.3 is 10.1 Å². The fraction of sp³-hybridized carbons (Fsp3) is 0.526. The van der Waals surface area contributed by atoms with E-state index in [0.29, 0.717) is 6.42 Å². The number of carbonyl (C=O) groups is 1. The van der Waals surface area contributed by atoms with Crippen molar-refractivity contribution >= 4 is 34.2 Å². The number of ether oxygens (including phenoxy) is 1. The van der Waals surface area contributed by atoms with Crippen molar-refractivity contribution in [1.29, 1.82) is 0 Å². The average molecular weight is 390 g/mol. The van der Waals surface area contributed by atoms with Crippen LogP contribution in [0.3, 0.4) is 0 Å². The minimum Gasteiger partial charge on any atom is -0.379 e. The molecule has 2 heterocycles. The third kappa shape index (κ3) is 6.34. The molecule has 146 valence electrons. The molecule has 1 aromatic rings. The largest absolute Gasteiger partial charge is 0.379 e. The quantitative estimate of drug-likeness (QED) is 0.699. The van der Waals surface area contributed by atoms with Crippen molar-refractivity contribution in [2.45, 2.75) is 19.8 Å². The van der Waals surface area contributed by atoms with Crippen molar-refractivity contribution < 1.29 is 9.53 Å². The van der Waals surface area contributed by atoms with Crippen molar-refractivity contribution in [2.24, 2.45) is 10.1 Å². The Morgan fingerprint density at radius 1 is 1.33 bits per heavy atom. The standard InChI is InChI=1S/C19H27N5O2S/c1-2-18(25)21-16-6-4-15(5-7-16)17-14-27-19(23-22-17)20-8-3-9-24-10-12-26-13-11-24/h4-7H,2-3,8-14H2,1H3,(H,20,23)(H,21,25). The van der Waals surface area contributed by atoms with Gasteiger partial charge in [-0.05, 0) is 24.1 Å². The fourth-order valence-corrected chi connectivity index (χ4v) is 3.64. The summed E-state index contributed by atoms with van der Waals surface area (Å²) in [6.07, 6.45) is 1.52. The van der Waals surface area contributed by atoms with Crippen LogP contribution in [0.1, 0.15) is 25.3 Å². The first-order valence-corrected chi connectivity index (χ1v) is 10.4. The van der Waals surface area contributed by atoms with Crippen molar-refractivity contribution in [3.05, 3.63) is 29.8 Å². The number of nitrogens with zero attached hydrogens (tertiary/aromatic N) is 3. The minimum absolute atomic E-state index is 0.0180. The first-order valence-electron chi connectivity index (χ1n) is 9.45. The maximum Gasteiger partial charge on any atom is 0.224 e. The number of thioether (sulfide) groups is 1. The van der Waals surface area contributed by atoms with Gasteiger partial charge in [0.1, 0.15) is 0 Å². The third-order valence-electron chi connectivity index (χ3n) is 4.45. The molecule has 1 aromatic carbocycles. The molecule has 0 radical (unpaired) electrons. The van der Waals surface area contributed by atoms with Crippen LogP contribution >= 0.6 is 11.8 Å². The van der Waals surface area contributed by atoms with Crippen LogP contribution in [0, 0.1) is 0 Å². The summed E-state index contributed by atoms with van der Waals surface area (Å²) < 4.78 is 5.36. The van der Waals surface area contributed by atoms with Crippen LogP contribution in [0.5, 0.6) is 0 Å². The zero-order chi connectivity index (χ0) is 18.9. The number of aliphatic imine (C=N–C) groups is 1. The second-order valence-electron chi connectivity index (χ2n) is 6.43. The first-order chi connectivity index (χ1) is 13.2. The van der Waals surface area contributed by atoms with Crippen molar-refractivity contribution in [3.8, 4) is 0 Å². The monoisotopic (exact) mass is 389 g/mol. The number of benzene rings is 1. The van der Waals surface area contributed by atoms with Gasteiger partial charge in [0.25, 0.3) is 0 Å². The summed E-state index contributed by atoms with van der Waals surface area (Å²) in [5.74, 6) is 0.806. The molecule has 1 saturated heterocycles. The third-order valence-corrected chi connectivity index (χ3v) is 5.36. The Labute approximate surface area is 164 Å². The number of rotatable bonds is 7. The predicted octanol–water partition coefficient (Wildman–Crippen LogP) is 2.15. The molecule has 0 aromatic heterocycles. The highest BCUT2D eigenvalue weighted by atomic mass is 32.2. The molecule has 2 aliphatic rings. The fourth-order valence-electron chi connectivity index (χ4n) is 2.84. The van der Waals surface area contributed by atoms with Crippen molar-refractivity contribution in [2.75, 3.05) is 50.5 Å². The molecule has 8 heteroatoms. The Kier molecular flexibility index (Phi) is 7.67. The van der Waals surface area contributed by atoms with Crippen LogP contribution in [-0.4, -0.2) is 66.8 Å². The van der Waals surface area contributed by atoms with Crippen LogP contribution in [0.4, 0.5) is 5.69 Å². The number of amidine groups is 1. The molecule has 0 atom stereocenters. The molecule has 7 nitrogen and oxygen atoms in total. The smallest absolute Gasteiger partial charge is 0.224 e. The van der Waals surface area contributed by atoms with Gasteiger partial charge in [0.05, 0.1) is 18.9 Å². The minimum atomic E-state index is 0.0180. The molecule has 1 amide bonds. The van der Waals surface area contributed by atoms with E-state index in [2.05, 4.69) is 25.7 Å². The topological polar surface area (TPSA) is 78.3 Å². The molecule has 3 rings (SSSR count). The molecule has 1 fully saturated rings. The number of hydrogen-bond donors (Lipinski definition) is 2. The van der Waals surface area contributed by atoms with Crippen molar-refractivity contribution in [1.82, 2.24) is 10.3 Å². The van der Waals surface area contributed by atoms with Gasteiger partial charge in [-0.25, -0.2) is 0 Å². The van der Waals surface area contributed by atoms with Gasteiger partial charge in [-0.2, -0.15) is 5.10 Å². The molecule has 2 N–H and O–H groups in total. The maximum absolute atomic E-state index is 11.4. The summed E-state index contributed by atoms with van der Waals surface area (Å²) in [5, 5.41) is 8.19. The van der Waals surface area contributed by atoms with E-state index in [9.17, 15) is 4.79 Å². The highest BCUT2D eigenvalue weighted by Crippen LogP contribution is 2.16. The van der Waals surface area contributed by atoms with Gasteiger partial charge in [0, 0.05) is 44.0 Å². The van der Waals surface area contributed by atoms with Crippen LogP contribution in [0.25, 0.3) is 0 Å². The molecule has 0 bridgehead atoms. The Hall–Kier alpha value is -1.90. The lowest BCUT2D eigenvalue weighted by Crippen LogP contribution is -2.37. The summed E-state index contributed by atoms with van der Waals surface area (Å²) in [5.41, 5.74) is 5.91. The SMILES string of the molecule is CCC(=O)Nc1ccc(C2=NNC(=NCCCN3CCOCC3)SC2)cc1. The summed E-state index contributed by atoms with van der Waals surface area (Å²) in [6.45, 7) is 7.45. The Morgan fingerprint density at radius 3 is 2.78 bits per heavy atom. The van der Waals surface area contributed by atoms with Crippen molar-refractivity contribution in [3.63, 3.8) is 0 Å². The molecular weight excluding hydrogens is 362 g/mol. The molecule has 27 heavy (non-hydrogen) atoms. The molecular formula is C19H27N5O2S. The van der Waals surface area contributed by atoms with E-state index in [-0.39, 0.29) is 5.91 Å². The Balaban J connectivity index is 1.44. The summed E-state index contributed by atoms with van der Waals surface area (Å²) >= 11 is 1.68. The molecule has 0 saturated carbocycles. The number of anilines is 1. The summed E-state index contributed by atoms with van der Waals surface area (Å²) in [7, 11) is 0. The first kappa shape index (κ1) is 19.9. The van der Waals surface area contributed by atoms with Crippen LogP contribution in [0.2, 0.25) is 0 Å². The number of hydrogen-bond acceptors (Lipinski definition) is 6. The number of hydrazone groups is 1. The summed E-state index contributed by atoms with van der Waals surface area (Å²) in [4.78, 5) is 18.5.